The summed E-state index contributed by atoms with van der Waals surface area (Å²) in [5.41, 5.74) is 0.987. The van der Waals surface area contributed by atoms with Crippen molar-refractivity contribution >= 4 is 18.1 Å². The van der Waals surface area contributed by atoms with Gasteiger partial charge in [0.15, 0.2) is 0 Å². The average molecular weight is 309 g/mol. The van der Waals surface area contributed by atoms with E-state index in [0.29, 0.717) is 6.61 Å². The maximum absolute atomic E-state index is 8.39. The van der Waals surface area contributed by atoms with Gasteiger partial charge in [-0.3, -0.25) is 0 Å². The Labute approximate surface area is 121 Å². The van der Waals surface area contributed by atoms with Gasteiger partial charge in [-0.15, -0.1) is 12.4 Å². The topological polar surface area (TPSA) is 98.9 Å². The fraction of sp³-hybridized carbons (Fsp3) is 0.900. The monoisotopic (exact) mass is 308 g/mol. The molecule has 0 atom stereocenters. The molecular weight excluding hydrogens is 283 g/mol. The molecule has 0 unspecified atom stereocenters. The molecule has 8 heteroatoms. The molecule has 0 rings (SSSR count). The van der Waals surface area contributed by atoms with Crippen molar-refractivity contribution in [3.05, 3.63) is 0 Å². The summed E-state index contributed by atoms with van der Waals surface area (Å²) < 4.78 is 0. The number of oxime groups is 1. The van der Waals surface area contributed by atoms with Gasteiger partial charge in [0.25, 0.3) is 0 Å². The summed E-state index contributed by atoms with van der Waals surface area (Å²) in [7, 11) is 0. The van der Waals surface area contributed by atoms with E-state index >= 15 is 0 Å². The van der Waals surface area contributed by atoms with Crippen LogP contribution in [0.25, 0.3) is 0 Å². The molecule has 0 aliphatic heterocycles. The van der Waals surface area contributed by atoms with Crippen LogP contribution >= 0.6 is 12.4 Å². The van der Waals surface area contributed by atoms with E-state index in [1.54, 1.807) is 0 Å². The molecule has 0 spiro atoms. The number of aliphatic hydroxyl groups excluding tert-OH is 2. The summed E-state index contributed by atoms with van der Waals surface area (Å²) in [5, 5.41) is 20.1. The molecule has 0 aromatic heterocycles. The zero-order valence-corrected chi connectivity index (χ0v) is 13.1. The fourth-order valence-corrected chi connectivity index (χ4v) is 0.385. The number of hydrogen-bond donors (Lipinski definition) is 3. The van der Waals surface area contributed by atoms with Gasteiger partial charge < -0.3 is 27.5 Å². The van der Waals surface area contributed by atoms with Crippen molar-refractivity contribution in [2.75, 3.05) is 26.4 Å². The van der Waals surface area contributed by atoms with Crippen molar-refractivity contribution < 1.29 is 38.2 Å². The van der Waals surface area contributed by atoms with Crippen molar-refractivity contribution in [1.29, 1.82) is 0 Å². The quantitative estimate of drug-likeness (QED) is 0.286. The Balaban J connectivity index is -0.000000122. The Hall–Kier alpha value is -0.110. The average Bonchev–Trinajstić information content (AvgIpc) is 2.19. The molecule has 0 heterocycles. The van der Waals surface area contributed by atoms with Crippen molar-refractivity contribution in [3.8, 4) is 0 Å². The van der Waals surface area contributed by atoms with Crippen LogP contribution in [-0.4, -0.2) is 42.4 Å². The maximum Gasteiger partial charge on any atom is 0.140 e. The third-order valence-corrected chi connectivity index (χ3v) is 1.71. The Morgan fingerprint density at radius 3 is 1.83 bits per heavy atom. The van der Waals surface area contributed by atoms with Crippen molar-refractivity contribution in [3.63, 3.8) is 0 Å². The number of halogens is 2. The summed E-state index contributed by atoms with van der Waals surface area (Å²) in [4.78, 5) is 9.00. The van der Waals surface area contributed by atoms with Crippen molar-refractivity contribution in [2.24, 2.45) is 10.6 Å². The van der Waals surface area contributed by atoms with Gasteiger partial charge in [-0.2, -0.15) is 0 Å². The minimum atomic E-state index is 0. The smallest absolute Gasteiger partial charge is 0.140 e. The van der Waals surface area contributed by atoms with Crippen LogP contribution in [0.5, 0.6) is 0 Å². The first kappa shape index (κ1) is 26.5. The van der Waals surface area contributed by atoms with Gasteiger partial charge in [-0.25, -0.2) is 10.7 Å². The molecule has 0 bridgehead atoms. The van der Waals surface area contributed by atoms with E-state index in [1.165, 1.54) is 0 Å². The molecule has 0 fully saturated rings. The Morgan fingerprint density at radius 2 is 1.61 bits per heavy atom. The van der Waals surface area contributed by atoms with Crippen LogP contribution in [-0.2, 0) is 9.68 Å². The minimum absolute atomic E-state index is 0. The summed E-state index contributed by atoms with van der Waals surface area (Å²) in [6.45, 7) is 8.78. The lowest BCUT2D eigenvalue weighted by Crippen LogP contribution is -3.00. The largest absolute Gasteiger partial charge is 1.00 e. The first-order chi connectivity index (χ1) is 7.40. The van der Waals surface area contributed by atoms with Crippen LogP contribution < -0.4 is 18.3 Å². The molecule has 114 valence electrons. The number of nitrogens with zero attached hydrogens (tertiary/aromatic N) is 1. The highest BCUT2D eigenvalue weighted by molar-refractivity contribution is 5.86. The molecule has 6 nitrogen and oxygen atoms in total. The van der Waals surface area contributed by atoms with Crippen LogP contribution in [0.4, 0.5) is 0 Å². The zero-order chi connectivity index (χ0) is 13.0. The van der Waals surface area contributed by atoms with Gasteiger partial charge in [-0.05, 0) is 6.92 Å². The van der Waals surface area contributed by atoms with Crippen LogP contribution in [0, 0.1) is 5.41 Å². The third-order valence-electron chi connectivity index (χ3n) is 1.71. The molecule has 0 amide bonds. The molecule has 0 radical (unpaired) electrons. The van der Waals surface area contributed by atoms with Gasteiger partial charge in [0.1, 0.15) is 13.2 Å². The second kappa shape index (κ2) is 16.9. The standard InChI is InChI=1S/C8H17NO2.C2H8NO2.2ClH/c1-7(8(2,3)4)9-11-6-5-10;3-5-2-1-4;;/h10H,5-6H2,1-4H3;4H,1-2H2,3H3;2*1H/q;+1;;/p-1. The molecule has 0 saturated heterocycles. The van der Waals surface area contributed by atoms with E-state index in [1.807, 2.05) is 6.92 Å². The van der Waals surface area contributed by atoms with E-state index in [-0.39, 0.29) is 50.0 Å². The Bertz CT molecular complexity index is 185. The maximum atomic E-state index is 8.39. The van der Waals surface area contributed by atoms with E-state index in [0.717, 1.165) is 5.71 Å². The Kier molecular flexibility index (Phi) is 24.8. The minimum Gasteiger partial charge on any atom is -1.00 e. The van der Waals surface area contributed by atoms with Crippen LogP contribution in [0.2, 0.25) is 0 Å². The summed E-state index contributed by atoms with van der Waals surface area (Å²) in [6, 6.07) is 0. The lowest BCUT2D eigenvalue weighted by Gasteiger charge is -2.16. The highest BCUT2D eigenvalue weighted by atomic mass is 35.5. The van der Waals surface area contributed by atoms with Crippen molar-refractivity contribution in [2.45, 2.75) is 27.7 Å². The SMILES string of the molecule is CC(=NOCCO)C(C)(C)C.Cl.[Cl-].[NH3+]OCCO. The first-order valence-corrected chi connectivity index (χ1v) is 5.15. The lowest BCUT2D eigenvalue weighted by atomic mass is 9.91. The number of aliphatic hydroxyl groups is 2. The summed E-state index contributed by atoms with van der Waals surface area (Å²) in [6.07, 6.45) is 0. The Morgan fingerprint density at radius 1 is 1.17 bits per heavy atom. The molecule has 5 N–H and O–H groups in total. The molecular formula is C10H26Cl2N2O4. The summed E-state index contributed by atoms with van der Waals surface area (Å²) in [5.74, 6) is 3.02. The molecule has 18 heavy (non-hydrogen) atoms. The second-order valence-electron chi connectivity index (χ2n) is 4.12. The van der Waals surface area contributed by atoms with Gasteiger partial charge in [0.2, 0.25) is 0 Å². The molecule has 0 aliphatic rings. The third kappa shape index (κ3) is 21.2. The predicted molar refractivity (Wildman–Crippen MR) is 68.8 cm³/mol. The van der Waals surface area contributed by atoms with Crippen LogP contribution in [0.3, 0.4) is 0 Å². The molecule has 0 saturated carbocycles. The summed E-state index contributed by atoms with van der Waals surface area (Å²) >= 11 is 0. The van der Waals surface area contributed by atoms with E-state index in [4.69, 9.17) is 15.1 Å². The second-order valence-corrected chi connectivity index (χ2v) is 4.12. The van der Waals surface area contributed by atoms with E-state index in [2.05, 4.69) is 36.7 Å². The normalized spacial score (nSPS) is 10.5. The number of quaternary nitrogens is 1. The van der Waals surface area contributed by atoms with Crippen LogP contribution in [0.15, 0.2) is 5.16 Å². The number of hydrogen-bond acceptors (Lipinski definition) is 5. The van der Waals surface area contributed by atoms with E-state index < -0.39 is 0 Å². The van der Waals surface area contributed by atoms with E-state index in [9.17, 15) is 0 Å². The predicted octanol–water partition coefficient (Wildman–Crippen LogP) is -3.00. The van der Waals surface area contributed by atoms with Gasteiger partial charge in [-0.1, -0.05) is 25.9 Å². The number of rotatable bonds is 5. The molecule has 0 aromatic carbocycles. The zero-order valence-electron chi connectivity index (χ0n) is 11.5. The highest BCUT2D eigenvalue weighted by Crippen LogP contribution is 2.15. The first-order valence-electron chi connectivity index (χ1n) is 5.15. The van der Waals surface area contributed by atoms with Gasteiger partial charge in [0, 0.05) is 5.41 Å². The van der Waals surface area contributed by atoms with Gasteiger partial charge in [0.05, 0.1) is 18.9 Å². The highest BCUT2D eigenvalue weighted by Gasteiger charge is 2.14. The van der Waals surface area contributed by atoms with Crippen molar-refractivity contribution in [1.82, 2.24) is 0 Å². The fourth-order valence-electron chi connectivity index (χ4n) is 0.385. The van der Waals surface area contributed by atoms with Crippen LogP contribution in [0.1, 0.15) is 27.7 Å². The van der Waals surface area contributed by atoms with Gasteiger partial charge >= 0.3 is 0 Å². The lowest BCUT2D eigenvalue weighted by molar-refractivity contribution is -0.689. The molecule has 0 aliphatic carbocycles. The molecule has 0 aromatic rings.